The molecule has 3 nitrogen and oxygen atoms in total. The van der Waals surface area contributed by atoms with Crippen LogP contribution in [0.4, 0.5) is 5.69 Å². The maximum Gasteiger partial charge on any atom is 0.240 e. The highest BCUT2D eigenvalue weighted by Crippen LogP contribution is 2.29. The molecule has 0 atom stereocenters. The van der Waals surface area contributed by atoms with Crippen molar-refractivity contribution in [3.63, 3.8) is 0 Å². The summed E-state index contributed by atoms with van der Waals surface area (Å²) in [7, 11) is 0. The zero-order chi connectivity index (χ0) is 12.5. The van der Waals surface area contributed by atoms with E-state index in [1.807, 2.05) is 24.3 Å². The molecule has 0 spiro atoms. The van der Waals surface area contributed by atoms with Crippen molar-refractivity contribution in [1.29, 1.82) is 0 Å². The summed E-state index contributed by atoms with van der Waals surface area (Å²) in [5, 5.41) is 1.15. The summed E-state index contributed by atoms with van der Waals surface area (Å²) in [5.41, 5.74) is 0.295. The summed E-state index contributed by atoms with van der Waals surface area (Å²) in [6, 6.07) is 12.7. The first-order valence-corrected chi connectivity index (χ1v) is 6.15. The normalized spacial score (nSPS) is 10.4. The van der Waals surface area contributed by atoms with Crippen LogP contribution < -0.4 is 5.43 Å². The summed E-state index contributed by atoms with van der Waals surface area (Å²) >= 11 is 1.52. The highest BCUT2D eigenvalue weighted by Gasteiger charge is 2.08. The molecule has 1 aromatic heterocycles. The van der Waals surface area contributed by atoms with E-state index in [0.29, 0.717) is 16.5 Å². The second-order valence-electron chi connectivity index (χ2n) is 3.78. The van der Waals surface area contributed by atoms with Crippen molar-refractivity contribution in [1.82, 2.24) is 0 Å². The molecule has 1 heterocycles. The van der Waals surface area contributed by atoms with E-state index in [1.165, 1.54) is 17.4 Å². The fourth-order valence-electron chi connectivity index (χ4n) is 1.97. The molecule has 0 aliphatic heterocycles. The molecule has 0 amide bonds. The van der Waals surface area contributed by atoms with Crippen molar-refractivity contribution >= 4 is 43.3 Å². The molecule has 2 aromatic carbocycles. The van der Waals surface area contributed by atoms with Gasteiger partial charge in [0.25, 0.3) is 0 Å². The van der Waals surface area contributed by atoms with Gasteiger partial charge in [0.1, 0.15) is 0 Å². The molecule has 0 saturated carbocycles. The van der Waals surface area contributed by atoms with Gasteiger partial charge in [-0.15, -0.1) is 11.3 Å². The third-order valence-electron chi connectivity index (χ3n) is 2.75. The summed E-state index contributed by atoms with van der Waals surface area (Å²) < 4.78 is 1.76. The molecule has 3 aromatic rings. The Balaban J connectivity index is 2.61. The Morgan fingerprint density at radius 2 is 1.78 bits per heavy atom. The van der Waals surface area contributed by atoms with E-state index in [-0.39, 0.29) is 5.43 Å². The molecule has 3 rings (SSSR count). The number of hydrogen-bond donors (Lipinski definition) is 0. The van der Waals surface area contributed by atoms with E-state index in [2.05, 4.69) is 4.99 Å². The van der Waals surface area contributed by atoms with Gasteiger partial charge >= 0.3 is 0 Å². The molecule has 0 N–H and O–H groups in total. The number of benzene rings is 2. The van der Waals surface area contributed by atoms with Gasteiger partial charge in [0.15, 0.2) is 5.43 Å². The summed E-state index contributed by atoms with van der Waals surface area (Å²) in [6.45, 7) is 0. The van der Waals surface area contributed by atoms with Crippen LogP contribution in [0.2, 0.25) is 0 Å². The van der Waals surface area contributed by atoms with Gasteiger partial charge in [-0.25, -0.2) is 4.79 Å². The van der Waals surface area contributed by atoms with Crippen LogP contribution in [0.25, 0.3) is 20.2 Å². The van der Waals surface area contributed by atoms with Crippen molar-refractivity contribution in [2.45, 2.75) is 0 Å². The lowest BCUT2D eigenvalue weighted by molar-refractivity contribution is 0.565. The quantitative estimate of drug-likeness (QED) is 0.379. The number of hydrogen-bond acceptors (Lipinski definition) is 4. The average molecular weight is 253 g/mol. The number of nitrogens with zero attached hydrogens (tertiary/aromatic N) is 1. The molecule has 0 aliphatic rings. The van der Waals surface area contributed by atoms with Gasteiger partial charge in [-0.05, 0) is 24.3 Å². The van der Waals surface area contributed by atoms with Crippen molar-refractivity contribution < 1.29 is 4.79 Å². The van der Waals surface area contributed by atoms with E-state index >= 15 is 0 Å². The van der Waals surface area contributed by atoms with Crippen LogP contribution in [0, 0.1) is 0 Å². The smallest absolute Gasteiger partial charge is 0.240 e. The van der Waals surface area contributed by atoms with Crippen molar-refractivity contribution in [3.05, 3.63) is 52.7 Å². The van der Waals surface area contributed by atoms with Crippen LogP contribution in [-0.4, -0.2) is 6.08 Å². The van der Waals surface area contributed by atoms with E-state index in [9.17, 15) is 9.59 Å². The number of fused-ring (bicyclic) bond motifs is 2. The third-order valence-corrected chi connectivity index (χ3v) is 3.89. The first kappa shape index (κ1) is 10.8. The van der Waals surface area contributed by atoms with Crippen LogP contribution in [-0.2, 0) is 4.79 Å². The van der Waals surface area contributed by atoms with Crippen LogP contribution >= 0.6 is 11.3 Å². The van der Waals surface area contributed by atoms with Crippen LogP contribution in [0.3, 0.4) is 0 Å². The highest BCUT2D eigenvalue weighted by molar-refractivity contribution is 7.24. The van der Waals surface area contributed by atoms with E-state index in [4.69, 9.17) is 0 Å². The zero-order valence-electron chi connectivity index (χ0n) is 9.21. The predicted molar refractivity (Wildman–Crippen MR) is 73.4 cm³/mol. The highest BCUT2D eigenvalue weighted by atomic mass is 32.1. The fourth-order valence-corrected chi connectivity index (χ4v) is 3.07. The molecule has 0 fully saturated rings. The van der Waals surface area contributed by atoms with Crippen molar-refractivity contribution in [2.24, 2.45) is 4.99 Å². The summed E-state index contributed by atoms with van der Waals surface area (Å²) in [6.07, 6.45) is 1.49. The lowest BCUT2D eigenvalue weighted by atomic mass is 10.1. The molecule has 86 valence electrons. The third kappa shape index (κ3) is 1.56. The summed E-state index contributed by atoms with van der Waals surface area (Å²) in [5.74, 6) is 0. The van der Waals surface area contributed by atoms with Crippen LogP contribution in [0.1, 0.15) is 0 Å². The Bertz CT molecular complexity index is 860. The minimum Gasteiger partial charge on any atom is -0.288 e. The minimum atomic E-state index is -0.0889. The predicted octanol–water partition coefficient (Wildman–Crippen LogP) is 3.38. The first-order chi connectivity index (χ1) is 8.81. The largest absolute Gasteiger partial charge is 0.288 e. The molecule has 0 aliphatic carbocycles. The number of carbonyl (C=O) groups excluding carboxylic acids is 1. The van der Waals surface area contributed by atoms with Gasteiger partial charge in [-0.3, -0.25) is 4.79 Å². The van der Waals surface area contributed by atoms with Gasteiger partial charge in [0.05, 0.1) is 11.1 Å². The van der Waals surface area contributed by atoms with Crippen molar-refractivity contribution in [3.8, 4) is 0 Å². The number of rotatable bonds is 1. The summed E-state index contributed by atoms with van der Waals surface area (Å²) in [4.78, 5) is 26.4. The minimum absolute atomic E-state index is 0.0889. The fraction of sp³-hybridized carbons (Fsp3) is 0. The Morgan fingerprint density at radius 1 is 1.00 bits per heavy atom. The van der Waals surface area contributed by atoms with Crippen molar-refractivity contribution in [2.75, 3.05) is 0 Å². The standard InChI is InChI=1S/C14H7NO2S/c16-8-15-10-5-3-7-12-13(10)14(17)9-4-1-2-6-11(9)18-12/h1-7H. The zero-order valence-corrected chi connectivity index (χ0v) is 10.0. The molecular weight excluding hydrogens is 246 g/mol. The SMILES string of the molecule is O=C=Nc1cccc2sc3ccccc3c(=O)c12. The Labute approximate surface area is 106 Å². The molecular formula is C14H7NO2S. The maximum atomic E-state index is 12.4. The monoisotopic (exact) mass is 253 g/mol. The number of isocyanates is 1. The Hall–Kier alpha value is -2.29. The molecule has 0 bridgehead atoms. The topological polar surface area (TPSA) is 46.5 Å². The maximum absolute atomic E-state index is 12.4. The van der Waals surface area contributed by atoms with Crippen LogP contribution in [0.5, 0.6) is 0 Å². The Kier molecular flexibility index (Phi) is 2.52. The molecule has 4 heteroatoms. The lowest BCUT2D eigenvalue weighted by Crippen LogP contribution is -2.00. The van der Waals surface area contributed by atoms with Gasteiger partial charge in [0.2, 0.25) is 6.08 Å². The molecule has 18 heavy (non-hydrogen) atoms. The lowest BCUT2D eigenvalue weighted by Gasteiger charge is -2.02. The van der Waals surface area contributed by atoms with Crippen LogP contribution in [0.15, 0.2) is 52.3 Å². The second kappa shape index (κ2) is 4.18. The second-order valence-corrected chi connectivity index (χ2v) is 4.86. The van der Waals surface area contributed by atoms with Gasteiger partial charge in [-0.1, -0.05) is 18.2 Å². The number of aliphatic imine (C=N–C) groups is 1. The molecule has 0 unspecified atom stereocenters. The first-order valence-electron chi connectivity index (χ1n) is 5.34. The van der Waals surface area contributed by atoms with Gasteiger partial charge in [0, 0.05) is 14.8 Å². The molecule has 0 saturated heterocycles. The van der Waals surface area contributed by atoms with Gasteiger partial charge in [-0.2, -0.15) is 4.99 Å². The molecule has 0 radical (unpaired) electrons. The Morgan fingerprint density at radius 3 is 2.61 bits per heavy atom. The van der Waals surface area contributed by atoms with E-state index in [1.54, 1.807) is 18.2 Å². The van der Waals surface area contributed by atoms with E-state index in [0.717, 1.165) is 9.40 Å². The van der Waals surface area contributed by atoms with E-state index < -0.39 is 0 Å². The average Bonchev–Trinajstić information content (AvgIpc) is 2.39. The van der Waals surface area contributed by atoms with Gasteiger partial charge < -0.3 is 0 Å².